The summed E-state index contributed by atoms with van der Waals surface area (Å²) >= 11 is 12.0. The zero-order chi connectivity index (χ0) is 12.7. The zero-order valence-electron chi connectivity index (χ0n) is 10.5. The number of rotatable bonds is 7. The van der Waals surface area contributed by atoms with E-state index in [-0.39, 0.29) is 0 Å². The van der Waals surface area contributed by atoms with Gasteiger partial charge in [0.25, 0.3) is 0 Å². The predicted octanol–water partition coefficient (Wildman–Crippen LogP) is 4.73. The second-order valence-electron chi connectivity index (χ2n) is 4.66. The van der Waals surface area contributed by atoms with E-state index in [0.717, 1.165) is 24.7 Å². The molecule has 0 saturated heterocycles. The lowest BCUT2D eigenvalue weighted by Gasteiger charge is -2.15. The number of ether oxygens (including phenoxy) is 1. The van der Waals surface area contributed by atoms with E-state index in [1.54, 1.807) is 0 Å². The summed E-state index contributed by atoms with van der Waals surface area (Å²) in [6.45, 7) is 5.86. The molecule has 0 aliphatic carbocycles. The van der Waals surface area contributed by atoms with E-state index in [4.69, 9.17) is 27.9 Å². The van der Waals surface area contributed by atoms with Crippen LogP contribution in [-0.4, -0.2) is 19.1 Å². The van der Waals surface area contributed by atoms with Gasteiger partial charge in [-0.15, -0.1) is 11.6 Å². The van der Waals surface area contributed by atoms with Crippen LogP contribution in [-0.2, 0) is 4.74 Å². The first-order valence-electron chi connectivity index (χ1n) is 6.02. The molecule has 1 unspecified atom stereocenters. The largest absolute Gasteiger partial charge is 0.381 e. The molecule has 1 aromatic rings. The molecule has 17 heavy (non-hydrogen) atoms. The topological polar surface area (TPSA) is 9.23 Å². The van der Waals surface area contributed by atoms with E-state index in [2.05, 4.69) is 19.9 Å². The van der Waals surface area contributed by atoms with Crippen LogP contribution in [0.2, 0.25) is 5.02 Å². The van der Waals surface area contributed by atoms with Crippen molar-refractivity contribution < 1.29 is 4.74 Å². The van der Waals surface area contributed by atoms with Crippen LogP contribution < -0.4 is 0 Å². The fraction of sp³-hybridized carbons (Fsp3) is 0.571. The number of hydrogen-bond donors (Lipinski definition) is 0. The van der Waals surface area contributed by atoms with Gasteiger partial charge in [0, 0.05) is 24.1 Å². The number of alkyl halides is 1. The van der Waals surface area contributed by atoms with Gasteiger partial charge in [-0.25, -0.2) is 0 Å². The van der Waals surface area contributed by atoms with E-state index < -0.39 is 0 Å². The fourth-order valence-corrected chi connectivity index (χ4v) is 2.17. The maximum atomic E-state index is 6.00. The van der Waals surface area contributed by atoms with Gasteiger partial charge in [0.05, 0.1) is 0 Å². The SMILES string of the molecule is CC(C)COCCC(CCl)c1cccc(Cl)c1. The summed E-state index contributed by atoms with van der Waals surface area (Å²) in [5.41, 5.74) is 1.20. The Hall–Kier alpha value is -0.240. The van der Waals surface area contributed by atoms with Crippen molar-refractivity contribution in [1.82, 2.24) is 0 Å². The van der Waals surface area contributed by atoms with Gasteiger partial charge in [-0.1, -0.05) is 37.6 Å². The van der Waals surface area contributed by atoms with Gasteiger partial charge >= 0.3 is 0 Å². The van der Waals surface area contributed by atoms with Gasteiger partial charge in [0.15, 0.2) is 0 Å². The van der Waals surface area contributed by atoms with Crippen LogP contribution >= 0.6 is 23.2 Å². The Labute approximate surface area is 114 Å². The van der Waals surface area contributed by atoms with Crippen LogP contribution in [0.5, 0.6) is 0 Å². The minimum absolute atomic E-state index is 0.322. The average Bonchev–Trinajstić information content (AvgIpc) is 2.29. The molecule has 0 radical (unpaired) electrons. The predicted molar refractivity (Wildman–Crippen MR) is 75.2 cm³/mol. The van der Waals surface area contributed by atoms with Crippen molar-refractivity contribution in [1.29, 1.82) is 0 Å². The van der Waals surface area contributed by atoms with Crippen LogP contribution in [0.1, 0.15) is 31.7 Å². The summed E-state index contributed by atoms with van der Waals surface area (Å²) in [7, 11) is 0. The molecule has 1 atom stereocenters. The summed E-state index contributed by atoms with van der Waals surface area (Å²) < 4.78 is 5.59. The standard InChI is InChI=1S/C14H20Cl2O/c1-11(2)10-17-7-6-13(9-15)12-4-3-5-14(16)8-12/h3-5,8,11,13H,6-7,9-10H2,1-2H3. The van der Waals surface area contributed by atoms with Crippen LogP contribution in [0, 0.1) is 5.92 Å². The molecular weight excluding hydrogens is 255 g/mol. The lowest BCUT2D eigenvalue weighted by atomic mass is 9.98. The van der Waals surface area contributed by atoms with Crippen LogP contribution in [0.15, 0.2) is 24.3 Å². The maximum absolute atomic E-state index is 6.00. The smallest absolute Gasteiger partial charge is 0.0488 e. The molecule has 1 rings (SSSR count). The van der Waals surface area contributed by atoms with Crippen LogP contribution in [0.4, 0.5) is 0 Å². The Morgan fingerprint density at radius 3 is 2.65 bits per heavy atom. The first-order chi connectivity index (χ1) is 8.13. The van der Waals surface area contributed by atoms with Crippen molar-refractivity contribution in [3.8, 4) is 0 Å². The minimum Gasteiger partial charge on any atom is -0.381 e. The Kier molecular flexibility index (Phi) is 6.94. The number of benzene rings is 1. The molecule has 0 spiro atoms. The van der Waals surface area contributed by atoms with Crippen molar-refractivity contribution in [2.75, 3.05) is 19.1 Å². The van der Waals surface area contributed by atoms with Crippen molar-refractivity contribution in [2.45, 2.75) is 26.2 Å². The Morgan fingerprint density at radius 1 is 1.29 bits per heavy atom. The first kappa shape index (κ1) is 14.8. The quantitative estimate of drug-likeness (QED) is 0.516. The monoisotopic (exact) mass is 274 g/mol. The molecule has 96 valence electrons. The normalized spacial score (nSPS) is 13.0. The highest BCUT2D eigenvalue weighted by Crippen LogP contribution is 2.24. The van der Waals surface area contributed by atoms with Gasteiger partial charge < -0.3 is 4.74 Å². The lowest BCUT2D eigenvalue weighted by Crippen LogP contribution is -2.08. The van der Waals surface area contributed by atoms with Gasteiger partial charge in [0.2, 0.25) is 0 Å². The van der Waals surface area contributed by atoms with Crippen molar-refractivity contribution in [2.24, 2.45) is 5.92 Å². The van der Waals surface area contributed by atoms with E-state index in [0.29, 0.717) is 17.7 Å². The van der Waals surface area contributed by atoms with E-state index in [1.807, 2.05) is 18.2 Å². The van der Waals surface area contributed by atoms with Gasteiger partial charge in [-0.05, 0) is 36.0 Å². The van der Waals surface area contributed by atoms with Crippen molar-refractivity contribution in [3.05, 3.63) is 34.9 Å². The third kappa shape index (κ3) is 5.76. The summed E-state index contributed by atoms with van der Waals surface area (Å²) in [4.78, 5) is 0. The summed E-state index contributed by atoms with van der Waals surface area (Å²) in [6.07, 6.45) is 0.941. The molecule has 1 aromatic carbocycles. The molecule has 0 fully saturated rings. The molecule has 0 bridgehead atoms. The highest BCUT2D eigenvalue weighted by Gasteiger charge is 2.10. The lowest BCUT2D eigenvalue weighted by molar-refractivity contribution is 0.105. The van der Waals surface area contributed by atoms with Gasteiger partial charge in [-0.2, -0.15) is 0 Å². The molecule has 3 heteroatoms. The van der Waals surface area contributed by atoms with E-state index >= 15 is 0 Å². The molecule has 0 aliphatic rings. The highest BCUT2D eigenvalue weighted by molar-refractivity contribution is 6.30. The first-order valence-corrected chi connectivity index (χ1v) is 6.94. The number of halogens is 2. The molecular formula is C14H20Cl2O. The van der Waals surface area contributed by atoms with E-state index in [1.165, 1.54) is 5.56 Å². The summed E-state index contributed by atoms with van der Waals surface area (Å²) in [5.74, 6) is 1.50. The second kappa shape index (κ2) is 7.97. The van der Waals surface area contributed by atoms with Crippen molar-refractivity contribution >= 4 is 23.2 Å². The number of hydrogen-bond acceptors (Lipinski definition) is 1. The Bertz CT molecular complexity index is 326. The highest BCUT2D eigenvalue weighted by atomic mass is 35.5. The molecule has 0 aromatic heterocycles. The Balaban J connectivity index is 2.43. The van der Waals surface area contributed by atoms with Gasteiger partial charge in [-0.3, -0.25) is 0 Å². The third-order valence-electron chi connectivity index (χ3n) is 2.57. The van der Waals surface area contributed by atoms with Crippen LogP contribution in [0.3, 0.4) is 0 Å². The third-order valence-corrected chi connectivity index (χ3v) is 3.18. The average molecular weight is 275 g/mol. The summed E-state index contributed by atoms with van der Waals surface area (Å²) in [6, 6.07) is 7.90. The Morgan fingerprint density at radius 2 is 2.06 bits per heavy atom. The maximum Gasteiger partial charge on any atom is 0.0488 e. The fourth-order valence-electron chi connectivity index (χ4n) is 1.64. The van der Waals surface area contributed by atoms with Crippen molar-refractivity contribution in [3.63, 3.8) is 0 Å². The zero-order valence-corrected chi connectivity index (χ0v) is 12.0. The molecule has 0 heterocycles. The molecule has 0 aliphatic heterocycles. The molecule has 0 N–H and O–H groups in total. The second-order valence-corrected chi connectivity index (χ2v) is 5.41. The molecule has 0 amide bonds. The minimum atomic E-state index is 0.322. The molecule has 0 saturated carbocycles. The van der Waals surface area contributed by atoms with E-state index in [9.17, 15) is 0 Å². The van der Waals surface area contributed by atoms with Crippen LogP contribution in [0.25, 0.3) is 0 Å². The van der Waals surface area contributed by atoms with Gasteiger partial charge in [0.1, 0.15) is 0 Å². The molecule has 1 nitrogen and oxygen atoms in total. The summed E-state index contributed by atoms with van der Waals surface area (Å²) in [5, 5.41) is 0.765.